The molecule has 0 atom stereocenters. The third-order valence-electron chi connectivity index (χ3n) is 7.14. The molecule has 250 valence electrons. The van der Waals surface area contributed by atoms with Crippen LogP contribution in [0.2, 0.25) is 0 Å². The number of fused-ring (bicyclic) bond motifs is 2. The van der Waals surface area contributed by atoms with Gasteiger partial charge in [0.25, 0.3) is 11.1 Å². The monoisotopic (exact) mass is 857 g/mol. The van der Waals surface area contributed by atoms with Crippen molar-refractivity contribution in [1.29, 1.82) is 0 Å². The number of hydrogen-bond acceptors (Lipinski definition) is 6. The summed E-state index contributed by atoms with van der Waals surface area (Å²) in [5, 5.41) is 0. The van der Waals surface area contributed by atoms with E-state index in [0.29, 0.717) is 44.9 Å². The maximum absolute atomic E-state index is 12.5. The smallest absolute Gasteiger partial charge is 0.316 e. The number of benzene rings is 2. The van der Waals surface area contributed by atoms with E-state index in [1.165, 1.54) is 23.2 Å². The highest BCUT2D eigenvalue weighted by molar-refractivity contribution is 9.11. The quantitative estimate of drug-likeness (QED) is 0.194. The number of hydrogen-bond donors (Lipinski definition) is 1. The summed E-state index contributed by atoms with van der Waals surface area (Å²) in [5.74, 6) is 0. The van der Waals surface area contributed by atoms with E-state index in [0.717, 1.165) is 29.2 Å². The number of aryl methyl sites for hydroxylation is 2. The first-order chi connectivity index (χ1) is 22.2. The van der Waals surface area contributed by atoms with E-state index < -0.39 is 12.8 Å². The normalized spacial score (nSPS) is 10.9. The Labute approximate surface area is 299 Å². The molecule has 0 amide bonds. The topological polar surface area (TPSA) is 127 Å². The van der Waals surface area contributed by atoms with Gasteiger partial charge in [-0.3, -0.25) is 32.2 Å². The Balaban J connectivity index is 0.000000236. The minimum absolute atomic E-state index is 0. The molecule has 0 aliphatic carbocycles. The van der Waals surface area contributed by atoms with Gasteiger partial charge in [-0.1, -0.05) is 63.6 Å². The molecular weight excluding hydrogens is 827 g/mol. The summed E-state index contributed by atoms with van der Waals surface area (Å²) in [6.07, 6.45) is 0. The van der Waals surface area contributed by atoms with Crippen LogP contribution in [0.15, 0.2) is 81.4 Å². The second-order valence-electron chi connectivity index (χ2n) is 10.0. The zero-order valence-corrected chi connectivity index (χ0v) is 30.5. The molecule has 0 aliphatic heterocycles. The van der Waals surface area contributed by atoms with Crippen LogP contribution in [0, 0.1) is 4.77 Å². The number of alkyl halides is 1. The molecule has 6 rings (SSSR count). The van der Waals surface area contributed by atoms with E-state index in [2.05, 4.69) is 57.8 Å². The van der Waals surface area contributed by atoms with Gasteiger partial charge in [0.1, 0.15) is 5.65 Å². The van der Waals surface area contributed by atoms with E-state index in [9.17, 15) is 23.6 Å². The standard InChI is InChI=1S/C14H12Br2N4O2.C14H13BrN4O2S.CH3F.CH4/c1-18-11-10(12(21)19(2)14(18)22)20(13(16)17-11)7-8-4-3-5-9(15)6-8;1-17-11-10(12(20)18(2)14(17)21)19(13(22)16-11)7-8-4-3-5-9(15)6-8;1-2;/h3-6H,7H2,1-2H3;3-6H,7H2,1-2H3,(H,16,22);1H3;1H4/i;;1D;. The van der Waals surface area contributed by atoms with Crippen LogP contribution in [0.25, 0.3) is 22.3 Å². The average Bonchev–Trinajstić information content (AvgIpc) is 3.53. The molecule has 0 unspecified atom stereocenters. The van der Waals surface area contributed by atoms with Crippen LogP contribution >= 0.6 is 60.0 Å². The highest BCUT2D eigenvalue weighted by Crippen LogP contribution is 2.20. The van der Waals surface area contributed by atoms with Gasteiger partial charge >= 0.3 is 11.4 Å². The van der Waals surface area contributed by atoms with E-state index >= 15 is 0 Å². The second kappa shape index (κ2) is 15.5. The summed E-state index contributed by atoms with van der Waals surface area (Å²) in [4.78, 5) is 56.1. The first kappa shape index (κ1) is 36.2. The lowest BCUT2D eigenvalue weighted by molar-refractivity contribution is 0.636. The average molecular weight is 860 g/mol. The summed E-state index contributed by atoms with van der Waals surface area (Å²) in [7, 11) is 5.14. The van der Waals surface area contributed by atoms with Gasteiger partial charge in [0.05, 0.1) is 21.6 Å². The van der Waals surface area contributed by atoms with Gasteiger partial charge in [-0.05, 0) is 63.5 Å². The minimum atomic E-state index is -1.00. The summed E-state index contributed by atoms with van der Waals surface area (Å²) in [6.45, 7) is 0.926. The molecule has 0 aliphatic rings. The zero-order valence-electron chi connectivity index (χ0n) is 25.9. The van der Waals surface area contributed by atoms with Crippen molar-refractivity contribution in [3.05, 3.63) is 120 Å². The van der Waals surface area contributed by atoms with Gasteiger partial charge in [-0.15, -0.1) is 0 Å². The maximum Gasteiger partial charge on any atom is 0.332 e. The van der Waals surface area contributed by atoms with Crippen LogP contribution in [0.5, 0.6) is 0 Å². The van der Waals surface area contributed by atoms with Crippen LogP contribution in [0.4, 0.5) is 4.39 Å². The lowest BCUT2D eigenvalue weighted by Crippen LogP contribution is -2.37. The van der Waals surface area contributed by atoms with Crippen molar-refractivity contribution in [2.75, 3.05) is 7.15 Å². The van der Waals surface area contributed by atoms with Crippen LogP contribution in [-0.4, -0.2) is 44.5 Å². The van der Waals surface area contributed by atoms with Crippen LogP contribution in [-0.2, 0) is 41.3 Å². The molecule has 0 saturated heterocycles. The second-order valence-corrected chi connectivity index (χ2v) is 13.0. The number of nitrogens with zero attached hydrogens (tertiary/aromatic N) is 7. The fourth-order valence-corrected chi connectivity index (χ4v) is 6.45. The third kappa shape index (κ3) is 7.42. The molecule has 2 aromatic carbocycles. The highest BCUT2D eigenvalue weighted by Gasteiger charge is 2.18. The summed E-state index contributed by atoms with van der Waals surface area (Å²) in [5.41, 5.74) is 2.13. The van der Waals surface area contributed by atoms with Gasteiger partial charge < -0.3 is 14.1 Å². The van der Waals surface area contributed by atoms with Crippen LogP contribution in [0.3, 0.4) is 0 Å². The molecule has 0 fully saturated rings. The molecule has 47 heavy (non-hydrogen) atoms. The number of nitrogens with one attached hydrogen (secondary N) is 1. The Morgan fingerprint density at radius 3 is 1.77 bits per heavy atom. The molecule has 4 aromatic heterocycles. The van der Waals surface area contributed by atoms with Crippen molar-refractivity contribution in [1.82, 2.24) is 37.4 Å². The first-order valence-electron chi connectivity index (χ1n) is 14.0. The summed E-state index contributed by atoms with van der Waals surface area (Å²) < 4.78 is 26.8. The molecule has 0 radical (unpaired) electrons. The van der Waals surface area contributed by atoms with Crippen molar-refractivity contribution in [3.8, 4) is 0 Å². The molecule has 0 spiro atoms. The lowest BCUT2D eigenvalue weighted by atomic mass is 10.2. The fourth-order valence-electron chi connectivity index (χ4n) is 4.83. The van der Waals surface area contributed by atoms with E-state index in [4.69, 9.17) is 13.6 Å². The Bertz CT molecular complexity index is 2430. The number of imidazole rings is 2. The number of aromatic amines is 1. The Morgan fingerprint density at radius 2 is 1.26 bits per heavy atom. The van der Waals surface area contributed by atoms with Crippen LogP contribution in [0.1, 0.15) is 19.9 Å². The van der Waals surface area contributed by atoms with Crippen molar-refractivity contribution in [2.45, 2.75) is 20.5 Å². The van der Waals surface area contributed by atoms with Gasteiger partial charge in [0.15, 0.2) is 26.2 Å². The predicted molar refractivity (Wildman–Crippen MR) is 196 cm³/mol. The van der Waals surface area contributed by atoms with Crippen molar-refractivity contribution in [2.24, 2.45) is 28.2 Å². The largest absolute Gasteiger partial charge is 0.332 e. The third-order valence-corrected chi connectivity index (χ3v) is 9.06. The Hall–Kier alpha value is -3.67. The van der Waals surface area contributed by atoms with Crippen molar-refractivity contribution in [3.63, 3.8) is 0 Å². The molecule has 0 bridgehead atoms. The Morgan fingerprint density at radius 1 is 0.787 bits per heavy atom. The molecule has 0 saturated carbocycles. The van der Waals surface area contributed by atoms with Crippen LogP contribution < -0.4 is 22.5 Å². The molecule has 1 N–H and O–H groups in total. The lowest BCUT2D eigenvalue weighted by Gasteiger charge is -2.08. The summed E-state index contributed by atoms with van der Waals surface area (Å²) >= 11 is 15.6. The number of H-pyrrole nitrogens is 1. The van der Waals surface area contributed by atoms with Gasteiger partial charge in [-0.25, -0.2) is 14.6 Å². The predicted octanol–water partition coefficient (Wildman–Crippen LogP) is 5.14. The Kier molecular flexibility index (Phi) is 11.9. The number of aromatic nitrogens is 8. The maximum atomic E-state index is 12.5. The zero-order chi connectivity index (χ0) is 34.7. The number of halogens is 4. The molecule has 12 nitrogen and oxygen atoms in total. The first-order valence-corrected chi connectivity index (χ1v) is 16.0. The van der Waals surface area contributed by atoms with E-state index in [-0.39, 0.29) is 24.2 Å². The summed E-state index contributed by atoms with van der Waals surface area (Å²) in [6, 6.07) is 15.6. The molecule has 17 heteroatoms. The molecule has 4 heterocycles. The van der Waals surface area contributed by atoms with E-state index in [1.807, 2.05) is 48.5 Å². The molecular formula is C30H32Br3FN8O4S. The van der Waals surface area contributed by atoms with Gasteiger partial charge in [0.2, 0.25) is 0 Å². The van der Waals surface area contributed by atoms with E-state index in [1.54, 1.807) is 23.2 Å². The fraction of sp³-hybridized carbons (Fsp3) is 0.267. The van der Waals surface area contributed by atoms with Gasteiger partial charge in [0, 0.05) is 37.1 Å². The van der Waals surface area contributed by atoms with Crippen molar-refractivity contribution < 1.29 is 5.76 Å². The molecule has 6 aromatic rings. The highest BCUT2D eigenvalue weighted by atomic mass is 79.9. The van der Waals surface area contributed by atoms with Gasteiger partial charge in [-0.2, -0.15) is 0 Å². The number of rotatable bonds is 4. The SMILES string of the molecule is C.Cn1c(=O)c2c([nH]c(=S)n2Cc2cccc(Br)c2)n(C)c1=O.Cn1c(=O)c2c(nc(Br)n2Cc2cccc(Br)c2)n(C)c1=O.[2H]CF. The minimum Gasteiger partial charge on any atom is -0.316 e. The van der Waals surface area contributed by atoms with Crippen molar-refractivity contribution >= 4 is 82.3 Å².